The van der Waals surface area contributed by atoms with Crippen LogP contribution in [0.4, 0.5) is 0 Å². The number of nitriles is 2. The Morgan fingerprint density at radius 2 is 2.17 bits per heavy atom. The van der Waals surface area contributed by atoms with E-state index in [4.69, 9.17) is 20.0 Å². The van der Waals surface area contributed by atoms with Crippen LogP contribution in [0, 0.1) is 22.7 Å². The maximum atomic E-state index is 8.71. The van der Waals surface area contributed by atoms with Gasteiger partial charge in [-0.05, 0) is 23.8 Å². The van der Waals surface area contributed by atoms with E-state index in [1.54, 1.807) is 7.11 Å². The van der Waals surface area contributed by atoms with Crippen LogP contribution in [0.3, 0.4) is 0 Å². The van der Waals surface area contributed by atoms with Crippen molar-refractivity contribution in [2.24, 2.45) is 0 Å². The van der Waals surface area contributed by atoms with Crippen molar-refractivity contribution in [3.8, 4) is 23.6 Å². The van der Waals surface area contributed by atoms with Crippen LogP contribution in [0.25, 0.3) is 6.08 Å². The fourth-order valence-corrected chi connectivity index (χ4v) is 1.72. The van der Waals surface area contributed by atoms with Crippen LogP contribution < -0.4 is 9.47 Å². The third-order valence-corrected chi connectivity index (χ3v) is 2.52. The predicted octanol–water partition coefficient (Wildman–Crippen LogP) is 2.44. The first kappa shape index (κ1) is 11.8. The molecule has 88 valence electrons. The molecule has 0 saturated heterocycles. The summed E-state index contributed by atoms with van der Waals surface area (Å²) in [6.07, 6.45) is 3.42. The summed E-state index contributed by atoms with van der Waals surface area (Å²) in [5.74, 6) is 1.36. The van der Waals surface area contributed by atoms with E-state index >= 15 is 0 Å². The van der Waals surface area contributed by atoms with Crippen molar-refractivity contribution >= 4 is 6.08 Å². The number of ether oxygens (including phenoxy) is 2. The van der Waals surface area contributed by atoms with Gasteiger partial charge in [0.05, 0.1) is 7.11 Å². The highest BCUT2D eigenvalue weighted by atomic mass is 16.5. The number of hydrogen-bond acceptors (Lipinski definition) is 4. The molecular weight excluding hydrogens is 228 g/mol. The van der Waals surface area contributed by atoms with Crippen molar-refractivity contribution in [2.45, 2.75) is 0 Å². The third-order valence-electron chi connectivity index (χ3n) is 2.52. The summed E-state index contributed by atoms with van der Waals surface area (Å²) in [6.45, 7) is 0.320. The van der Waals surface area contributed by atoms with Crippen LogP contribution in [-0.4, -0.2) is 13.7 Å². The third kappa shape index (κ3) is 2.18. The Morgan fingerprint density at radius 1 is 1.39 bits per heavy atom. The van der Waals surface area contributed by atoms with Crippen molar-refractivity contribution in [2.75, 3.05) is 13.7 Å². The lowest BCUT2D eigenvalue weighted by molar-refractivity contribution is 0.318. The maximum absolute atomic E-state index is 8.71. The molecular formula is C14H10N2O2. The van der Waals surface area contributed by atoms with Gasteiger partial charge in [0.25, 0.3) is 0 Å². The minimum atomic E-state index is 0.0659. The normalized spacial score (nSPS) is 12.1. The van der Waals surface area contributed by atoms with E-state index in [1.165, 1.54) is 6.08 Å². The quantitative estimate of drug-likeness (QED) is 0.742. The molecule has 0 aromatic heterocycles. The molecule has 0 amide bonds. The molecule has 0 N–H and O–H groups in total. The highest BCUT2D eigenvalue weighted by molar-refractivity contribution is 5.68. The molecule has 1 aliphatic heterocycles. The van der Waals surface area contributed by atoms with E-state index < -0.39 is 0 Å². The minimum absolute atomic E-state index is 0.0659. The highest BCUT2D eigenvalue weighted by Crippen LogP contribution is 2.35. The van der Waals surface area contributed by atoms with Crippen LogP contribution in [0.15, 0.2) is 35.4 Å². The number of allylic oxidation sites excluding steroid dienone is 1. The zero-order chi connectivity index (χ0) is 13.0. The van der Waals surface area contributed by atoms with Crippen LogP contribution in [-0.2, 0) is 0 Å². The molecule has 0 spiro atoms. The molecule has 1 aromatic rings. The van der Waals surface area contributed by atoms with E-state index in [-0.39, 0.29) is 5.57 Å². The smallest absolute Gasteiger partial charge is 0.168 e. The first-order chi connectivity index (χ1) is 8.78. The van der Waals surface area contributed by atoms with Crippen molar-refractivity contribution in [3.05, 3.63) is 41.0 Å². The predicted molar refractivity (Wildman–Crippen MR) is 65.8 cm³/mol. The summed E-state index contributed by atoms with van der Waals surface area (Å²) in [5, 5.41) is 17.4. The molecule has 0 bridgehead atoms. The second-order valence-corrected chi connectivity index (χ2v) is 3.67. The molecule has 1 aromatic carbocycles. The summed E-state index contributed by atoms with van der Waals surface area (Å²) < 4.78 is 10.8. The molecule has 0 unspecified atom stereocenters. The zero-order valence-electron chi connectivity index (χ0n) is 9.80. The molecule has 4 heteroatoms. The molecule has 0 radical (unpaired) electrons. The topological polar surface area (TPSA) is 66.0 Å². The van der Waals surface area contributed by atoms with Gasteiger partial charge in [-0.3, -0.25) is 0 Å². The lowest BCUT2D eigenvalue weighted by Crippen LogP contribution is -2.07. The summed E-state index contributed by atoms with van der Waals surface area (Å²) in [7, 11) is 1.58. The highest BCUT2D eigenvalue weighted by Gasteiger charge is 2.14. The van der Waals surface area contributed by atoms with Gasteiger partial charge in [-0.1, -0.05) is 12.1 Å². The lowest BCUT2D eigenvalue weighted by atomic mass is 10.1. The Kier molecular flexibility index (Phi) is 3.31. The SMILES string of the molecule is COc1cccc2c1OCC(C=C(C#N)C#N)=C2. The monoisotopic (exact) mass is 238 g/mol. The Bertz CT molecular complexity index is 600. The van der Waals surface area contributed by atoms with Gasteiger partial charge in [-0.15, -0.1) is 0 Å². The van der Waals surface area contributed by atoms with E-state index in [1.807, 2.05) is 36.4 Å². The average Bonchev–Trinajstić information content (AvgIpc) is 2.43. The van der Waals surface area contributed by atoms with Gasteiger partial charge in [0.1, 0.15) is 24.3 Å². The summed E-state index contributed by atoms with van der Waals surface area (Å²) in [4.78, 5) is 0. The largest absolute Gasteiger partial charge is 0.493 e. The number of benzene rings is 1. The summed E-state index contributed by atoms with van der Waals surface area (Å²) >= 11 is 0. The van der Waals surface area contributed by atoms with Crippen LogP contribution >= 0.6 is 0 Å². The second-order valence-electron chi connectivity index (χ2n) is 3.67. The number of nitrogens with zero attached hydrogens (tertiary/aromatic N) is 2. The Balaban J connectivity index is 2.41. The molecule has 2 rings (SSSR count). The summed E-state index contributed by atoms with van der Waals surface area (Å²) in [6, 6.07) is 9.22. The number of methoxy groups -OCH3 is 1. The van der Waals surface area contributed by atoms with Crippen molar-refractivity contribution in [3.63, 3.8) is 0 Å². The van der Waals surface area contributed by atoms with E-state index in [9.17, 15) is 0 Å². The lowest BCUT2D eigenvalue weighted by Gasteiger charge is -2.18. The molecule has 0 fully saturated rings. The van der Waals surface area contributed by atoms with Crippen LogP contribution in [0.5, 0.6) is 11.5 Å². The summed E-state index contributed by atoms with van der Waals surface area (Å²) in [5.41, 5.74) is 1.73. The second kappa shape index (κ2) is 5.07. The average molecular weight is 238 g/mol. The van der Waals surface area contributed by atoms with Crippen molar-refractivity contribution < 1.29 is 9.47 Å². The van der Waals surface area contributed by atoms with Gasteiger partial charge < -0.3 is 9.47 Å². The number of fused-ring (bicyclic) bond motifs is 1. The van der Waals surface area contributed by atoms with Gasteiger partial charge in [0.15, 0.2) is 11.5 Å². The standard InChI is InChI=1S/C14H10N2O2/c1-17-13-4-2-3-12-6-10(9-18-14(12)13)5-11(7-15)8-16/h2-6H,9H2,1H3. The van der Waals surface area contributed by atoms with E-state index in [0.29, 0.717) is 18.1 Å². The zero-order valence-corrected chi connectivity index (χ0v) is 9.80. The first-order valence-electron chi connectivity index (χ1n) is 5.30. The number of hydrogen-bond donors (Lipinski definition) is 0. The molecule has 0 saturated carbocycles. The first-order valence-corrected chi connectivity index (χ1v) is 5.30. The van der Waals surface area contributed by atoms with Crippen molar-refractivity contribution in [1.82, 2.24) is 0 Å². The van der Waals surface area contributed by atoms with Crippen LogP contribution in [0.2, 0.25) is 0 Å². The molecule has 18 heavy (non-hydrogen) atoms. The number of para-hydroxylation sites is 1. The minimum Gasteiger partial charge on any atom is -0.493 e. The Hall–Kier alpha value is -2.72. The van der Waals surface area contributed by atoms with Gasteiger partial charge in [-0.25, -0.2) is 0 Å². The van der Waals surface area contributed by atoms with Gasteiger partial charge >= 0.3 is 0 Å². The molecule has 4 nitrogen and oxygen atoms in total. The van der Waals surface area contributed by atoms with E-state index in [2.05, 4.69) is 0 Å². The van der Waals surface area contributed by atoms with Crippen LogP contribution in [0.1, 0.15) is 5.56 Å². The fourth-order valence-electron chi connectivity index (χ4n) is 1.72. The van der Waals surface area contributed by atoms with Gasteiger partial charge in [0.2, 0.25) is 0 Å². The molecule has 0 aliphatic carbocycles. The molecule has 1 aliphatic rings. The fraction of sp³-hybridized carbons (Fsp3) is 0.143. The number of rotatable bonds is 2. The molecule has 0 atom stereocenters. The van der Waals surface area contributed by atoms with Gasteiger partial charge in [-0.2, -0.15) is 10.5 Å². The molecule has 1 heterocycles. The maximum Gasteiger partial charge on any atom is 0.168 e. The van der Waals surface area contributed by atoms with Gasteiger partial charge in [0, 0.05) is 5.56 Å². The Morgan fingerprint density at radius 3 is 2.83 bits per heavy atom. The van der Waals surface area contributed by atoms with E-state index in [0.717, 1.165) is 11.1 Å². The van der Waals surface area contributed by atoms with Crippen molar-refractivity contribution in [1.29, 1.82) is 10.5 Å². The Labute approximate surface area is 105 Å².